The summed E-state index contributed by atoms with van der Waals surface area (Å²) in [5.74, 6) is 0.180. The SMILES string of the molecule is CCOc1ccc(C(C(=O)NCCC(C)C)N(CCCO)C(=O)Cn2nnc(-c3ccc(F)cc3)n2)cc1. The first-order valence-corrected chi connectivity index (χ1v) is 12.8. The molecule has 1 heterocycles. The molecule has 3 aromatic rings. The van der Waals surface area contributed by atoms with Gasteiger partial charge in [0.05, 0.1) is 6.61 Å². The Morgan fingerprint density at radius 1 is 1.13 bits per heavy atom. The fourth-order valence-corrected chi connectivity index (χ4v) is 3.84. The van der Waals surface area contributed by atoms with Crippen LogP contribution in [0, 0.1) is 11.7 Å². The average molecular weight is 527 g/mol. The number of rotatable bonds is 14. The van der Waals surface area contributed by atoms with Crippen LogP contribution in [0.15, 0.2) is 48.5 Å². The van der Waals surface area contributed by atoms with Gasteiger partial charge < -0.3 is 20.1 Å². The van der Waals surface area contributed by atoms with Crippen LogP contribution in [0.4, 0.5) is 4.39 Å². The molecule has 2 N–H and O–H groups in total. The number of hydrogen-bond donors (Lipinski definition) is 2. The normalized spacial score (nSPS) is 11.8. The van der Waals surface area contributed by atoms with E-state index in [-0.39, 0.29) is 43.7 Å². The zero-order valence-electron chi connectivity index (χ0n) is 22.0. The first-order valence-electron chi connectivity index (χ1n) is 12.8. The van der Waals surface area contributed by atoms with E-state index in [1.165, 1.54) is 29.2 Å². The van der Waals surface area contributed by atoms with E-state index < -0.39 is 11.9 Å². The van der Waals surface area contributed by atoms with Crippen molar-refractivity contribution in [2.45, 2.75) is 46.2 Å². The largest absolute Gasteiger partial charge is 0.494 e. The standard InChI is InChI=1S/C27H35FN6O4/c1-4-38-23-12-8-20(9-13-23)25(27(37)29-15-14-19(2)3)33(16-5-17-35)24(36)18-34-31-26(30-32-34)21-6-10-22(28)11-7-21/h6-13,19,25,35H,4-5,14-18H2,1-3H3,(H,29,37). The number of carbonyl (C=O) groups excluding carboxylic acids is 2. The number of tetrazole rings is 1. The van der Waals surface area contributed by atoms with Crippen molar-refractivity contribution in [2.75, 3.05) is 26.3 Å². The van der Waals surface area contributed by atoms with Crippen LogP contribution in [0.1, 0.15) is 45.2 Å². The van der Waals surface area contributed by atoms with Gasteiger partial charge in [0.25, 0.3) is 0 Å². The highest BCUT2D eigenvalue weighted by atomic mass is 19.1. The lowest BCUT2D eigenvalue weighted by Gasteiger charge is -2.31. The molecule has 11 heteroatoms. The molecule has 1 aromatic heterocycles. The second kappa shape index (κ2) is 14.2. The Hall–Kier alpha value is -3.86. The van der Waals surface area contributed by atoms with E-state index in [9.17, 15) is 19.1 Å². The molecule has 3 rings (SSSR count). The average Bonchev–Trinajstić information content (AvgIpc) is 3.35. The molecule has 0 saturated carbocycles. The topological polar surface area (TPSA) is 122 Å². The van der Waals surface area contributed by atoms with Gasteiger partial charge in [0.15, 0.2) is 0 Å². The molecule has 204 valence electrons. The molecule has 1 atom stereocenters. The molecule has 0 bridgehead atoms. The van der Waals surface area contributed by atoms with Crippen LogP contribution in [0.2, 0.25) is 0 Å². The van der Waals surface area contributed by atoms with Crippen LogP contribution in [0.3, 0.4) is 0 Å². The predicted octanol–water partition coefficient (Wildman–Crippen LogP) is 2.99. The molecule has 2 aromatic carbocycles. The predicted molar refractivity (Wildman–Crippen MR) is 139 cm³/mol. The van der Waals surface area contributed by atoms with Crippen molar-refractivity contribution in [1.82, 2.24) is 30.4 Å². The zero-order chi connectivity index (χ0) is 27.5. The van der Waals surface area contributed by atoms with Gasteiger partial charge in [0.2, 0.25) is 17.6 Å². The third-order valence-electron chi connectivity index (χ3n) is 5.80. The Labute approximate surface area is 221 Å². The summed E-state index contributed by atoms with van der Waals surface area (Å²) in [4.78, 5) is 29.5. The molecule has 0 aliphatic rings. The Morgan fingerprint density at radius 2 is 1.84 bits per heavy atom. The van der Waals surface area contributed by atoms with E-state index in [0.717, 1.165) is 11.2 Å². The number of aromatic nitrogens is 4. The monoisotopic (exact) mass is 526 g/mol. The summed E-state index contributed by atoms with van der Waals surface area (Å²) in [6, 6.07) is 11.7. The van der Waals surface area contributed by atoms with E-state index in [0.29, 0.717) is 35.9 Å². The Morgan fingerprint density at radius 3 is 2.47 bits per heavy atom. The molecule has 10 nitrogen and oxygen atoms in total. The lowest BCUT2D eigenvalue weighted by molar-refractivity contribution is -0.142. The molecule has 0 saturated heterocycles. The smallest absolute Gasteiger partial charge is 0.247 e. The van der Waals surface area contributed by atoms with Crippen molar-refractivity contribution in [2.24, 2.45) is 5.92 Å². The number of aliphatic hydroxyl groups is 1. The molecule has 0 spiro atoms. The van der Waals surface area contributed by atoms with Crippen molar-refractivity contribution >= 4 is 11.8 Å². The highest BCUT2D eigenvalue weighted by Crippen LogP contribution is 2.25. The maximum atomic E-state index is 13.5. The first-order chi connectivity index (χ1) is 18.3. The van der Waals surface area contributed by atoms with Crippen molar-refractivity contribution in [1.29, 1.82) is 0 Å². The minimum atomic E-state index is -0.933. The minimum absolute atomic E-state index is 0.143. The van der Waals surface area contributed by atoms with Gasteiger partial charge in [-0.1, -0.05) is 26.0 Å². The van der Waals surface area contributed by atoms with Crippen LogP contribution < -0.4 is 10.1 Å². The van der Waals surface area contributed by atoms with E-state index in [1.54, 1.807) is 24.3 Å². The summed E-state index contributed by atoms with van der Waals surface area (Å²) in [6.07, 6.45) is 1.07. The lowest BCUT2D eigenvalue weighted by Crippen LogP contribution is -2.46. The van der Waals surface area contributed by atoms with Crippen LogP contribution >= 0.6 is 0 Å². The highest BCUT2D eigenvalue weighted by Gasteiger charge is 2.31. The highest BCUT2D eigenvalue weighted by molar-refractivity contribution is 5.88. The summed E-state index contributed by atoms with van der Waals surface area (Å²) >= 11 is 0. The number of halogens is 1. The molecular formula is C27H35FN6O4. The van der Waals surface area contributed by atoms with Crippen molar-refractivity contribution in [3.63, 3.8) is 0 Å². The summed E-state index contributed by atoms with van der Waals surface area (Å²) in [7, 11) is 0. The minimum Gasteiger partial charge on any atom is -0.494 e. The number of nitrogens with zero attached hydrogens (tertiary/aromatic N) is 5. The summed E-state index contributed by atoms with van der Waals surface area (Å²) in [5.41, 5.74) is 1.17. The third kappa shape index (κ3) is 8.07. The van der Waals surface area contributed by atoms with Gasteiger partial charge >= 0.3 is 0 Å². The van der Waals surface area contributed by atoms with Gasteiger partial charge in [-0.2, -0.15) is 4.80 Å². The zero-order valence-corrected chi connectivity index (χ0v) is 22.0. The Bertz CT molecular complexity index is 1170. The molecular weight excluding hydrogens is 491 g/mol. The van der Waals surface area contributed by atoms with E-state index in [2.05, 4.69) is 34.6 Å². The number of nitrogens with one attached hydrogen (secondary N) is 1. The molecule has 0 aliphatic heterocycles. The quantitative estimate of drug-likeness (QED) is 0.331. The molecule has 0 aliphatic carbocycles. The van der Waals surface area contributed by atoms with Gasteiger partial charge in [-0.25, -0.2) is 4.39 Å². The van der Waals surface area contributed by atoms with Gasteiger partial charge in [-0.3, -0.25) is 9.59 Å². The van der Waals surface area contributed by atoms with Crippen molar-refractivity contribution in [3.8, 4) is 17.1 Å². The summed E-state index contributed by atoms with van der Waals surface area (Å²) in [6.45, 7) is 6.72. The van der Waals surface area contributed by atoms with Gasteiger partial charge in [-0.05, 0) is 72.9 Å². The van der Waals surface area contributed by atoms with Crippen molar-refractivity contribution in [3.05, 3.63) is 59.9 Å². The molecule has 0 radical (unpaired) electrons. The fourth-order valence-electron chi connectivity index (χ4n) is 3.84. The number of ether oxygens (including phenoxy) is 1. The molecule has 38 heavy (non-hydrogen) atoms. The van der Waals surface area contributed by atoms with Gasteiger partial charge in [0, 0.05) is 25.3 Å². The van der Waals surface area contributed by atoms with Crippen LogP contribution in [-0.2, 0) is 16.1 Å². The maximum Gasteiger partial charge on any atom is 0.247 e. The van der Waals surface area contributed by atoms with Crippen LogP contribution in [0.25, 0.3) is 11.4 Å². The second-order valence-corrected chi connectivity index (χ2v) is 9.19. The number of carbonyl (C=O) groups is 2. The van der Waals surface area contributed by atoms with Crippen molar-refractivity contribution < 1.29 is 23.8 Å². The summed E-state index contributed by atoms with van der Waals surface area (Å²) in [5, 5.41) is 24.6. The van der Waals surface area contributed by atoms with Gasteiger partial charge in [-0.15, -0.1) is 10.2 Å². The molecule has 1 unspecified atom stereocenters. The Kier molecular flexibility index (Phi) is 10.7. The number of aliphatic hydroxyl groups excluding tert-OH is 1. The number of benzene rings is 2. The summed E-state index contributed by atoms with van der Waals surface area (Å²) < 4.78 is 18.8. The second-order valence-electron chi connectivity index (χ2n) is 9.19. The van der Waals surface area contributed by atoms with Crippen LogP contribution in [-0.4, -0.2) is 68.3 Å². The van der Waals surface area contributed by atoms with Crippen LogP contribution in [0.5, 0.6) is 5.75 Å². The first kappa shape index (κ1) is 28.7. The Balaban J connectivity index is 1.86. The van der Waals surface area contributed by atoms with E-state index in [4.69, 9.17) is 4.74 Å². The van der Waals surface area contributed by atoms with E-state index >= 15 is 0 Å². The third-order valence-corrected chi connectivity index (χ3v) is 5.80. The van der Waals surface area contributed by atoms with Gasteiger partial charge in [0.1, 0.15) is 24.2 Å². The number of amides is 2. The molecule has 2 amide bonds. The molecule has 0 fully saturated rings. The lowest BCUT2D eigenvalue weighted by atomic mass is 10.0. The fraction of sp³-hybridized carbons (Fsp3) is 0.444. The number of hydrogen-bond acceptors (Lipinski definition) is 7. The maximum absolute atomic E-state index is 13.5. The van der Waals surface area contributed by atoms with E-state index in [1.807, 2.05) is 6.92 Å².